The lowest BCUT2D eigenvalue weighted by Gasteiger charge is -2.41. The van der Waals surface area contributed by atoms with Gasteiger partial charge >= 0.3 is 0 Å². The largest absolute Gasteiger partial charge is 0.392 e. The second-order valence-electron chi connectivity index (χ2n) is 10.1. The van der Waals surface area contributed by atoms with Gasteiger partial charge in [0.05, 0.1) is 6.10 Å². The van der Waals surface area contributed by atoms with Crippen LogP contribution in [0.1, 0.15) is 73.4 Å². The summed E-state index contributed by atoms with van der Waals surface area (Å²) in [6, 6.07) is 8.71. The predicted molar refractivity (Wildman–Crippen MR) is 118 cm³/mol. The van der Waals surface area contributed by atoms with Gasteiger partial charge in [-0.1, -0.05) is 57.2 Å². The zero-order valence-electron chi connectivity index (χ0n) is 19.0. The maximum Gasteiger partial charge on any atom is 0.0668 e. The van der Waals surface area contributed by atoms with Gasteiger partial charge < -0.3 is 15.7 Å². The number of benzene rings is 1. The van der Waals surface area contributed by atoms with Crippen LogP contribution in [0.3, 0.4) is 0 Å². The van der Waals surface area contributed by atoms with Gasteiger partial charge in [0.1, 0.15) is 0 Å². The Balaban J connectivity index is 2.75. The van der Waals surface area contributed by atoms with Gasteiger partial charge in [0.25, 0.3) is 0 Å². The van der Waals surface area contributed by atoms with Crippen LogP contribution in [0, 0.1) is 11.3 Å². The van der Waals surface area contributed by atoms with E-state index in [0.717, 1.165) is 13.1 Å². The van der Waals surface area contributed by atoms with Crippen LogP contribution in [0.2, 0.25) is 0 Å². The minimum absolute atomic E-state index is 0.106. The van der Waals surface area contributed by atoms with Gasteiger partial charge in [0.15, 0.2) is 0 Å². The highest BCUT2D eigenvalue weighted by Crippen LogP contribution is 2.33. The topological polar surface area (TPSA) is 44.3 Å². The number of hydrogen-bond donors (Lipinski definition) is 3. The van der Waals surface area contributed by atoms with Crippen molar-refractivity contribution >= 4 is 0 Å². The minimum Gasteiger partial charge on any atom is -0.392 e. The summed E-state index contributed by atoms with van der Waals surface area (Å²) >= 11 is 0. The summed E-state index contributed by atoms with van der Waals surface area (Å²) in [7, 11) is 0. The maximum absolute atomic E-state index is 10.9. The molecule has 1 aromatic carbocycles. The minimum atomic E-state index is -0.418. The molecular weight excluding hydrogens is 332 g/mol. The summed E-state index contributed by atoms with van der Waals surface area (Å²) in [6.07, 6.45) is 3.70. The molecule has 0 fully saturated rings. The highest BCUT2D eigenvalue weighted by Gasteiger charge is 2.37. The van der Waals surface area contributed by atoms with Crippen LogP contribution in [0.4, 0.5) is 0 Å². The molecule has 0 saturated heterocycles. The molecule has 0 aliphatic heterocycles. The number of nitrogens with one attached hydrogen (secondary N) is 2. The van der Waals surface area contributed by atoms with Crippen molar-refractivity contribution < 1.29 is 5.11 Å². The standard InChI is InChI=1S/C24H42N2O/c1-10-14-23(6,7)21(27)18(2)24(8,9)26-17-20-13-11-12-19(15-20)16-25-22(3,4)5/h10-15,18,21,25-27H,16-17H2,1-9H3. The van der Waals surface area contributed by atoms with Crippen molar-refractivity contribution in [2.75, 3.05) is 0 Å². The smallest absolute Gasteiger partial charge is 0.0668 e. The fourth-order valence-electron chi connectivity index (χ4n) is 3.27. The lowest BCUT2D eigenvalue weighted by atomic mass is 9.73. The molecule has 27 heavy (non-hydrogen) atoms. The monoisotopic (exact) mass is 374 g/mol. The average Bonchev–Trinajstić information content (AvgIpc) is 2.56. The van der Waals surface area contributed by atoms with E-state index in [2.05, 4.69) is 96.4 Å². The van der Waals surface area contributed by atoms with Crippen molar-refractivity contribution in [1.82, 2.24) is 10.6 Å². The van der Waals surface area contributed by atoms with Gasteiger partial charge in [-0.2, -0.15) is 0 Å². The zero-order valence-corrected chi connectivity index (χ0v) is 19.0. The molecule has 0 amide bonds. The molecule has 1 aromatic rings. The highest BCUT2D eigenvalue weighted by molar-refractivity contribution is 5.23. The average molecular weight is 375 g/mol. The van der Waals surface area contributed by atoms with Gasteiger partial charge in [-0.05, 0) is 52.7 Å². The summed E-state index contributed by atoms with van der Waals surface area (Å²) in [5, 5.41) is 18.1. The summed E-state index contributed by atoms with van der Waals surface area (Å²) in [5.41, 5.74) is 2.25. The first-order chi connectivity index (χ1) is 12.3. The number of hydrogen-bond acceptors (Lipinski definition) is 3. The molecule has 3 heteroatoms. The molecule has 2 unspecified atom stereocenters. The Labute approximate surface area is 167 Å². The van der Waals surface area contributed by atoms with Gasteiger partial charge in [0, 0.05) is 35.5 Å². The van der Waals surface area contributed by atoms with Gasteiger partial charge in [-0.15, -0.1) is 0 Å². The summed E-state index contributed by atoms with van der Waals surface area (Å²) in [6.45, 7) is 20.9. The number of aliphatic hydroxyl groups is 1. The van der Waals surface area contributed by atoms with Crippen LogP contribution in [0.25, 0.3) is 0 Å². The predicted octanol–water partition coefficient (Wildman–Crippen LogP) is 5.04. The fraction of sp³-hybridized carbons (Fsp3) is 0.667. The SMILES string of the molecule is CC=CC(C)(C)C(O)C(C)C(C)(C)NCc1cccc(CNC(C)(C)C)c1. The molecule has 3 nitrogen and oxygen atoms in total. The third-order valence-electron chi connectivity index (χ3n) is 5.53. The molecule has 154 valence electrons. The van der Waals surface area contributed by atoms with Crippen LogP contribution in [-0.2, 0) is 13.1 Å². The molecule has 0 heterocycles. The van der Waals surface area contributed by atoms with E-state index in [1.165, 1.54) is 11.1 Å². The van der Waals surface area contributed by atoms with E-state index >= 15 is 0 Å². The normalized spacial score (nSPS) is 15.9. The Bertz CT molecular complexity index is 611. The van der Waals surface area contributed by atoms with Crippen LogP contribution in [0.5, 0.6) is 0 Å². The third kappa shape index (κ3) is 7.77. The van der Waals surface area contributed by atoms with Crippen molar-refractivity contribution in [2.45, 2.75) is 92.6 Å². The van der Waals surface area contributed by atoms with Crippen LogP contribution >= 0.6 is 0 Å². The molecule has 2 atom stereocenters. The van der Waals surface area contributed by atoms with Crippen molar-refractivity contribution in [1.29, 1.82) is 0 Å². The number of rotatable bonds is 9. The summed E-state index contributed by atoms with van der Waals surface area (Å²) in [5.74, 6) is 0.106. The Morgan fingerprint density at radius 1 is 0.963 bits per heavy atom. The maximum atomic E-state index is 10.9. The molecule has 0 aromatic heterocycles. The zero-order chi connectivity index (χ0) is 20.9. The number of allylic oxidation sites excluding steroid dienone is 1. The van der Waals surface area contributed by atoms with E-state index in [9.17, 15) is 5.11 Å². The molecule has 0 saturated carbocycles. The Morgan fingerprint density at radius 2 is 1.48 bits per heavy atom. The Morgan fingerprint density at radius 3 is 1.96 bits per heavy atom. The summed E-state index contributed by atoms with van der Waals surface area (Å²) < 4.78 is 0. The van der Waals surface area contributed by atoms with E-state index in [-0.39, 0.29) is 22.4 Å². The van der Waals surface area contributed by atoms with Crippen molar-refractivity contribution in [3.8, 4) is 0 Å². The Kier molecular flexibility index (Phi) is 8.28. The van der Waals surface area contributed by atoms with E-state index in [1.54, 1.807) is 0 Å². The van der Waals surface area contributed by atoms with Crippen LogP contribution in [-0.4, -0.2) is 22.3 Å². The first-order valence-electron chi connectivity index (χ1n) is 10.2. The van der Waals surface area contributed by atoms with E-state index in [4.69, 9.17) is 0 Å². The van der Waals surface area contributed by atoms with Gasteiger partial charge in [0.2, 0.25) is 0 Å². The molecule has 0 spiro atoms. The van der Waals surface area contributed by atoms with Crippen molar-refractivity contribution in [3.63, 3.8) is 0 Å². The first-order valence-corrected chi connectivity index (χ1v) is 10.2. The fourth-order valence-corrected chi connectivity index (χ4v) is 3.27. The quantitative estimate of drug-likeness (QED) is 0.530. The molecule has 3 N–H and O–H groups in total. The van der Waals surface area contributed by atoms with Gasteiger partial charge in [-0.3, -0.25) is 0 Å². The van der Waals surface area contributed by atoms with E-state index < -0.39 is 6.10 Å². The van der Waals surface area contributed by atoms with Crippen molar-refractivity contribution in [3.05, 3.63) is 47.5 Å². The molecule has 0 bridgehead atoms. The highest BCUT2D eigenvalue weighted by atomic mass is 16.3. The van der Waals surface area contributed by atoms with E-state index in [1.807, 2.05) is 13.0 Å². The molecule has 0 aliphatic carbocycles. The lowest BCUT2D eigenvalue weighted by molar-refractivity contribution is -0.000190. The van der Waals surface area contributed by atoms with E-state index in [0.29, 0.717) is 0 Å². The lowest BCUT2D eigenvalue weighted by Crippen LogP contribution is -2.52. The van der Waals surface area contributed by atoms with Crippen molar-refractivity contribution in [2.24, 2.45) is 11.3 Å². The van der Waals surface area contributed by atoms with Crippen LogP contribution in [0.15, 0.2) is 36.4 Å². The molecule has 0 radical (unpaired) electrons. The van der Waals surface area contributed by atoms with Gasteiger partial charge in [-0.25, -0.2) is 0 Å². The Hall–Kier alpha value is -1.16. The summed E-state index contributed by atoms with van der Waals surface area (Å²) in [4.78, 5) is 0. The number of aliphatic hydroxyl groups excluding tert-OH is 1. The third-order valence-corrected chi connectivity index (χ3v) is 5.53. The molecule has 1 rings (SSSR count). The second kappa shape index (κ2) is 9.36. The molecular formula is C24H42N2O. The second-order valence-corrected chi connectivity index (χ2v) is 10.1. The first kappa shape index (κ1) is 23.9. The molecule has 0 aliphatic rings. The van der Waals surface area contributed by atoms with Crippen LogP contribution < -0.4 is 10.6 Å².